The standard InChI is InChI=1S/C14H19NO4/c1-18-11-4-8-5-13(17)19-14(8)7-10(11)15-3-2-9(16)6-12(14)15/h5,9-12,16H,2-4,6-7H2,1H3. The lowest BCUT2D eigenvalue weighted by Crippen LogP contribution is -2.51. The monoisotopic (exact) mass is 265 g/mol. The highest BCUT2D eigenvalue weighted by molar-refractivity contribution is 5.87. The summed E-state index contributed by atoms with van der Waals surface area (Å²) < 4.78 is 11.3. The number of methoxy groups -OCH3 is 1. The topological polar surface area (TPSA) is 59.0 Å². The predicted molar refractivity (Wildman–Crippen MR) is 66.5 cm³/mol. The quantitative estimate of drug-likeness (QED) is 0.688. The van der Waals surface area contributed by atoms with Gasteiger partial charge in [-0.1, -0.05) is 0 Å². The zero-order valence-electron chi connectivity index (χ0n) is 11.0. The van der Waals surface area contributed by atoms with Gasteiger partial charge in [0.2, 0.25) is 0 Å². The van der Waals surface area contributed by atoms with Gasteiger partial charge in [0, 0.05) is 38.6 Å². The van der Waals surface area contributed by atoms with Crippen LogP contribution in [-0.4, -0.2) is 59.5 Å². The first-order valence-corrected chi connectivity index (χ1v) is 7.04. The third kappa shape index (κ3) is 1.43. The van der Waals surface area contributed by atoms with Crippen LogP contribution < -0.4 is 0 Å². The van der Waals surface area contributed by atoms with E-state index in [0.29, 0.717) is 12.5 Å². The fourth-order valence-corrected chi connectivity index (χ4v) is 4.55. The maximum atomic E-state index is 11.7. The number of carbonyl (C=O) groups excluding carboxylic acids is 1. The van der Waals surface area contributed by atoms with Crippen LogP contribution in [0.3, 0.4) is 0 Å². The van der Waals surface area contributed by atoms with Crippen LogP contribution in [0.2, 0.25) is 0 Å². The van der Waals surface area contributed by atoms with Crippen LogP contribution in [0.4, 0.5) is 0 Å². The van der Waals surface area contributed by atoms with Gasteiger partial charge in [0.25, 0.3) is 0 Å². The molecule has 5 atom stereocenters. The van der Waals surface area contributed by atoms with E-state index in [0.717, 1.165) is 31.4 Å². The van der Waals surface area contributed by atoms with Gasteiger partial charge in [0.05, 0.1) is 18.2 Å². The summed E-state index contributed by atoms with van der Waals surface area (Å²) in [5.41, 5.74) is 0.597. The van der Waals surface area contributed by atoms with Crippen LogP contribution >= 0.6 is 0 Å². The number of piperidine rings is 1. The molecule has 4 aliphatic rings. The summed E-state index contributed by atoms with van der Waals surface area (Å²) in [6, 6.07) is 0.435. The minimum atomic E-state index is -0.474. The Labute approximate surface area is 112 Å². The Morgan fingerprint density at radius 3 is 3.21 bits per heavy atom. The van der Waals surface area contributed by atoms with Crippen molar-refractivity contribution in [1.82, 2.24) is 4.90 Å². The van der Waals surface area contributed by atoms with Gasteiger partial charge in [0.15, 0.2) is 5.60 Å². The van der Waals surface area contributed by atoms with E-state index >= 15 is 0 Å². The molecule has 4 rings (SSSR count). The summed E-state index contributed by atoms with van der Waals surface area (Å²) in [4.78, 5) is 14.1. The van der Waals surface area contributed by atoms with Crippen LogP contribution in [0.25, 0.3) is 0 Å². The van der Waals surface area contributed by atoms with E-state index in [1.165, 1.54) is 0 Å². The molecule has 0 aromatic heterocycles. The number of hydrogen-bond acceptors (Lipinski definition) is 5. The van der Waals surface area contributed by atoms with Crippen LogP contribution in [0, 0.1) is 0 Å². The summed E-state index contributed by atoms with van der Waals surface area (Å²) in [6.07, 6.45) is 4.58. The fourth-order valence-electron chi connectivity index (χ4n) is 4.55. The zero-order valence-corrected chi connectivity index (χ0v) is 11.0. The molecule has 0 amide bonds. The molecular weight excluding hydrogens is 246 g/mol. The largest absolute Gasteiger partial charge is 0.450 e. The van der Waals surface area contributed by atoms with Gasteiger partial charge >= 0.3 is 5.97 Å². The van der Waals surface area contributed by atoms with E-state index in [1.54, 1.807) is 13.2 Å². The summed E-state index contributed by atoms with van der Waals surface area (Å²) >= 11 is 0. The van der Waals surface area contributed by atoms with Gasteiger partial charge in [-0.05, 0) is 18.4 Å². The van der Waals surface area contributed by atoms with E-state index in [4.69, 9.17) is 9.47 Å². The molecule has 3 heterocycles. The normalized spacial score (nSPS) is 48.5. The van der Waals surface area contributed by atoms with Crippen LogP contribution in [-0.2, 0) is 14.3 Å². The Morgan fingerprint density at radius 2 is 2.42 bits per heavy atom. The number of esters is 1. The van der Waals surface area contributed by atoms with Crippen molar-refractivity contribution >= 4 is 5.97 Å². The molecule has 3 aliphatic heterocycles. The van der Waals surface area contributed by atoms with E-state index in [1.807, 2.05) is 0 Å². The number of carbonyl (C=O) groups is 1. The van der Waals surface area contributed by atoms with Gasteiger partial charge in [-0.15, -0.1) is 0 Å². The summed E-state index contributed by atoms with van der Waals surface area (Å²) in [5.74, 6) is -0.229. The highest BCUT2D eigenvalue weighted by Gasteiger charge is 2.64. The Morgan fingerprint density at radius 1 is 1.58 bits per heavy atom. The van der Waals surface area contributed by atoms with E-state index in [9.17, 15) is 9.90 Å². The van der Waals surface area contributed by atoms with Crippen molar-refractivity contribution in [1.29, 1.82) is 0 Å². The molecule has 2 bridgehead atoms. The highest BCUT2D eigenvalue weighted by Crippen LogP contribution is 2.54. The van der Waals surface area contributed by atoms with Gasteiger partial charge < -0.3 is 14.6 Å². The average molecular weight is 265 g/mol. The lowest BCUT2D eigenvalue weighted by Gasteiger charge is -2.39. The summed E-state index contributed by atoms with van der Waals surface area (Å²) in [6.45, 7) is 0.864. The summed E-state index contributed by atoms with van der Waals surface area (Å²) in [5, 5.41) is 9.96. The smallest absolute Gasteiger partial charge is 0.331 e. The second-order valence-corrected chi connectivity index (χ2v) is 6.16. The second kappa shape index (κ2) is 3.81. The maximum absolute atomic E-state index is 11.7. The molecule has 5 unspecified atom stereocenters. The molecule has 0 radical (unpaired) electrons. The third-order valence-electron chi connectivity index (χ3n) is 5.36. The molecule has 1 saturated carbocycles. The molecule has 0 aromatic rings. The number of fused-ring (bicyclic) bond motifs is 3. The van der Waals surface area contributed by atoms with Crippen molar-refractivity contribution in [2.75, 3.05) is 13.7 Å². The van der Waals surface area contributed by atoms with E-state index < -0.39 is 5.60 Å². The van der Waals surface area contributed by atoms with Crippen molar-refractivity contribution in [2.45, 2.75) is 55.6 Å². The van der Waals surface area contributed by atoms with E-state index in [2.05, 4.69) is 4.90 Å². The van der Waals surface area contributed by atoms with Gasteiger partial charge in [-0.3, -0.25) is 4.90 Å². The Bertz CT molecular complexity index is 462. The first-order valence-electron chi connectivity index (χ1n) is 7.04. The predicted octanol–water partition coefficient (Wildman–Crippen LogP) is 0.225. The molecule has 1 spiro atoms. The van der Waals surface area contributed by atoms with E-state index in [-0.39, 0.29) is 24.2 Å². The zero-order chi connectivity index (χ0) is 13.2. The molecule has 5 heteroatoms. The number of rotatable bonds is 1. The molecule has 1 N–H and O–H groups in total. The van der Waals surface area contributed by atoms with Crippen molar-refractivity contribution in [3.63, 3.8) is 0 Å². The molecule has 1 aliphatic carbocycles. The Kier molecular flexibility index (Phi) is 2.38. The van der Waals surface area contributed by atoms with Crippen LogP contribution in [0.1, 0.15) is 25.7 Å². The van der Waals surface area contributed by atoms with Crippen molar-refractivity contribution < 1.29 is 19.4 Å². The van der Waals surface area contributed by atoms with Crippen molar-refractivity contribution in [2.24, 2.45) is 0 Å². The highest BCUT2D eigenvalue weighted by atomic mass is 16.6. The fraction of sp³-hybridized carbons (Fsp3) is 0.786. The first kappa shape index (κ1) is 11.9. The Hall–Kier alpha value is -0.910. The molecule has 104 valence electrons. The molecule has 5 nitrogen and oxygen atoms in total. The van der Waals surface area contributed by atoms with Crippen molar-refractivity contribution in [3.05, 3.63) is 11.6 Å². The average Bonchev–Trinajstić information content (AvgIpc) is 2.85. The van der Waals surface area contributed by atoms with Gasteiger partial charge in [-0.2, -0.15) is 0 Å². The third-order valence-corrected chi connectivity index (χ3v) is 5.36. The van der Waals surface area contributed by atoms with Gasteiger partial charge in [0.1, 0.15) is 0 Å². The summed E-state index contributed by atoms with van der Waals surface area (Å²) in [7, 11) is 1.74. The molecule has 2 saturated heterocycles. The second-order valence-electron chi connectivity index (χ2n) is 6.16. The molecule has 3 fully saturated rings. The number of hydrogen-bond donors (Lipinski definition) is 1. The number of ether oxygens (including phenoxy) is 2. The molecule has 19 heavy (non-hydrogen) atoms. The van der Waals surface area contributed by atoms with Crippen molar-refractivity contribution in [3.8, 4) is 0 Å². The number of aliphatic hydroxyl groups excluding tert-OH is 1. The lowest BCUT2D eigenvalue weighted by atomic mass is 9.76. The molecular formula is C14H19NO4. The van der Waals surface area contributed by atoms with Crippen LogP contribution in [0.15, 0.2) is 11.6 Å². The number of aliphatic hydroxyl groups is 1. The first-order chi connectivity index (χ1) is 9.14. The lowest BCUT2D eigenvalue weighted by molar-refractivity contribution is -0.149. The minimum Gasteiger partial charge on any atom is -0.450 e. The van der Waals surface area contributed by atoms with Gasteiger partial charge in [-0.25, -0.2) is 4.79 Å². The minimum absolute atomic E-state index is 0.124. The SMILES string of the molecule is COC1CC2=CC(=O)OC23CC1N1CCC(O)CC13. The Balaban J connectivity index is 1.77. The molecule has 0 aromatic carbocycles. The number of nitrogens with zero attached hydrogens (tertiary/aromatic N) is 1. The van der Waals surface area contributed by atoms with Crippen LogP contribution in [0.5, 0.6) is 0 Å². The maximum Gasteiger partial charge on any atom is 0.331 e.